The molecule has 7 nitrogen and oxygen atoms in total. The van der Waals surface area contributed by atoms with Gasteiger partial charge in [0.2, 0.25) is 5.91 Å². The van der Waals surface area contributed by atoms with Gasteiger partial charge in [-0.3, -0.25) is 14.5 Å². The quantitative estimate of drug-likeness (QED) is 0.427. The number of anilines is 3. The number of carbonyl (C=O) groups is 2. The number of fused-ring (bicyclic) bond motifs is 1. The van der Waals surface area contributed by atoms with Crippen LogP contribution in [0.3, 0.4) is 0 Å². The van der Waals surface area contributed by atoms with Crippen LogP contribution in [0.15, 0.2) is 72.8 Å². The van der Waals surface area contributed by atoms with E-state index in [1.807, 2.05) is 67.7 Å². The lowest BCUT2D eigenvalue weighted by Crippen LogP contribution is -2.49. The van der Waals surface area contributed by atoms with E-state index in [-0.39, 0.29) is 11.8 Å². The first kappa shape index (κ1) is 26.0. The van der Waals surface area contributed by atoms with E-state index in [1.165, 1.54) is 0 Å². The number of hydrogen-bond acceptors (Lipinski definition) is 5. The number of piperazine rings is 1. The van der Waals surface area contributed by atoms with Crippen LogP contribution in [0.5, 0.6) is 0 Å². The SMILES string of the molecule is CCN1CCN(CC(=O)N(C)c2ccc(NC(=C3C(=O)Nc4cc(Cl)ccc43)c3ccccc3)cc2)CC1. The number of likely N-dealkylation sites (N-methyl/N-ethyl adjacent to an activating group) is 2. The molecule has 2 aliphatic rings. The molecule has 0 aliphatic carbocycles. The van der Waals surface area contributed by atoms with E-state index < -0.39 is 0 Å². The van der Waals surface area contributed by atoms with Gasteiger partial charge in [-0.2, -0.15) is 0 Å². The van der Waals surface area contributed by atoms with Gasteiger partial charge in [0.15, 0.2) is 0 Å². The average Bonchev–Trinajstić information content (AvgIpc) is 3.26. The van der Waals surface area contributed by atoms with E-state index in [0.717, 1.165) is 55.2 Å². The zero-order valence-corrected chi connectivity index (χ0v) is 22.5. The lowest BCUT2D eigenvalue weighted by atomic mass is 10.00. The highest BCUT2D eigenvalue weighted by atomic mass is 35.5. The standard InChI is InChI=1S/C30H32ClN5O2/c1-3-35-15-17-36(18-16-35)20-27(37)34(2)24-12-10-23(11-13-24)32-29(21-7-5-4-6-8-21)28-25-14-9-22(31)19-26(25)33-30(28)38/h4-14,19,32H,3,15-18,20H2,1-2H3,(H,33,38). The van der Waals surface area contributed by atoms with Crippen LogP contribution in [0, 0.1) is 0 Å². The Morgan fingerprint density at radius 1 is 0.974 bits per heavy atom. The molecule has 0 spiro atoms. The fraction of sp³-hybridized carbons (Fsp3) is 0.267. The highest BCUT2D eigenvalue weighted by molar-refractivity contribution is 6.38. The second-order valence-electron chi connectivity index (χ2n) is 9.60. The van der Waals surface area contributed by atoms with E-state index in [1.54, 1.807) is 17.0 Å². The summed E-state index contributed by atoms with van der Waals surface area (Å²) < 4.78 is 0. The van der Waals surface area contributed by atoms with Crippen LogP contribution in [0.2, 0.25) is 5.02 Å². The molecule has 0 aromatic heterocycles. The smallest absolute Gasteiger partial charge is 0.258 e. The summed E-state index contributed by atoms with van der Waals surface area (Å²) in [6.45, 7) is 7.47. The van der Waals surface area contributed by atoms with Crippen molar-refractivity contribution in [2.24, 2.45) is 0 Å². The van der Waals surface area contributed by atoms with Crippen molar-refractivity contribution < 1.29 is 9.59 Å². The Hall–Kier alpha value is -3.65. The van der Waals surface area contributed by atoms with Crippen LogP contribution < -0.4 is 15.5 Å². The van der Waals surface area contributed by atoms with E-state index in [2.05, 4.69) is 27.4 Å². The molecule has 3 aromatic carbocycles. The summed E-state index contributed by atoms with van der Waals surface area (Å²) in [5.74, 6) is -0.115. The Kier molecular flexibility index (Phi) is 7.79. The second kappa shape index (κ2) is 11.4. The van der Waals surface area contributed by atoms with Gasteiger partial charge in [-0.05, 0) is 48.5 Å². The lowest BCUT2D eigenvalue weighted by Gasteiger charge is -2.34. The predicted octanol–water partition coefficient (Wildman–Crippen LogP) is 4.87. The van der Waals surface area contributed by atoms with Gasteiger partial charge in [0.1, 0.15) is 0 Å². The van der Waals surface area contributed by atoms with Crippen LogP contribution in [0.25, 0.3) is 11.3 Å². The Bertz CT molecular complexity index is 1350. The number of nitrogens with one attached hydrogen (secondary N) is 2. The summed E-state index contributed by atoms with van der Waals surface area (Å²) in [6, 6.07) is 22.9. The predicted molar refractivity (Wildman–Crippen MR) is 155 cm³/mol. The fourth-order valence-corrected chi connectivity index (χ4v) is 5.07. The molecule has 2 heterocycles. The zero-order chi connectivity index (χ0) is 26.6. The van der Waals surface area contributed by atoms with Gasteiger partial charge in [-0.1, -0.05) is 54.9 Å². The molecule has 1 saturated heterocycles. The molecule has 0 atom stereocenters. The van der Waals surface area contributed by atoms with Crippen LogP contribution in [0.1, 0.15) is 18.1 Å². The molecular weight excluding hydrogens is 498 g/mol. The molecule has 5 rings (SSSR count). The Morgan fingerprint density at radius 2 is 1.66 bits per heavy atom. The van der Waals surface area contributed by atoms with Crippen molar-refractivity contribution in [1.82, 2.24) is 9.80 Å². The van der Waals surface area contributed by atoms with Gasteiger partial charge >= 0.3 is 0 Å². The summed E-state index contributed by atoms with van der Waals surface area (Å²) in [7, 11) is 1.81. The summed E-state index contributed by atoms with van der Waals surface area (Å²) in [5, 5.41) is 6.96. The van der Waals surface area contributed by atoms with Gasteiger partial charge < -0.3 is 20.4 Å². The van der Waals surface area contributed by atoms with Gasteiger partial charge in [-0.25, -0.2) is 0 Å². The highest BCUT2D eigenvalue weighted by Gasteiger charge is 2.28. The minimum atomic E-state index is -0.185. The summed E-state index contributed by atoms with van der Waals surface area (Å²) >= 11 is 6.16. The number of amides is 2. The minimum Gasteiger partial charge on any atom is -0.354 e. The number of rotatable bonds is 7. The fourth-order valence-electron chi connectivity index (χ4n) is 4.89. The zero-order valence-electron chi connectivity index (χ0n) is 21.7. The van der Waals surface area contributed by atoms with Crippen LogP contribution in [-0.4, -0.2) is 67.9 Å². The van der Waals surface area contributed by atoms with Crippen molar-refractivity contribution in [1.29, 1.82) is 0 Å². The van der Waals surface area contributed by atoms with Crippen LogP contribution >= 0.6 is 11.6 Å². The van der Waals surface area contributed by atoms with Crippen molar-refractivity contribution >= 4 is 51.7 Å². The van der Waals surface area contributed by atoms with Gasteiger partial charge in [0.05, 0.1) is 23.5 Å². The molecule has 2 amide bonds. The van der Waals surface area contributed by atoms with Crippen molar-refractivity contribution in [2.45, 2.75) is 6.92 Å². The lowest BCUT2D eigenvalue weighted by molar-refractivity contribution is -0.119. The number of nitrogens with zero attached hydrogens (tertiary/aromatic N) is 3. The molecule has 3 aromatic rings. The third-order valence-electron chi connectivity index (χ3n) is 7.21. The Morgan fingerprint density at radius 3 is 2.34 bits per heavy atom. The Labute approximate surface area is 228 Å². The first-order valence-electron chi connectivity index (χ1n) is 12.9. The maximum atomic E-state index is 13.1. The topological polar surface area (TPSA) is 67.9 Å². The van der Waals surface area contributed by atoms with Crippen molar-refractivity contribution in [2.75, 3.05) is 61.8 Å². The molecule has 196 valence electrons. The van der Waals surface area contributed by atoms with Gasteiger partial charge in [-0.15, -0.1) is 0 Å². The molecular formula is C30H32ClN5O2. The number of halogens is 1. The molecule has 38 heavy (non-hydrogen) atoms. The number of carbonyl (C=O) groups excluding carboxylic acids is 2. The van der Waals surface area contributed by atoms with Crippen LogP contribution in [-0.2, 0) is 9.59 Å². The number of hydrogen-bond donors (Lipinski definition) is 2. The molecule has 0 radical (unpaired) electrons. The maximum Gasteiger partial charge on any atom is 0.258 e. The Balaban J connectivity index is 1.35. The third kappa shape index (κ3) is 5.60. The molecule has 8 heteroatoms. The maximum absolute atomic E-state index is 13.1. The first-order valence-corrected chi connectivity index (χ1v) is 13.3. The third-order valence-corrected chi connectivity index (χ3v) is 7.44. The van der Waals surface area contributed by atoms with E-state index >= 15 is 0 Å². The average molecular weight is 530 g/mol. The van der Waals surface area contributed by atoms with E-state index in [9.17, 15) is 9.59 Å². The van der Waals surface area contributed by atoms with Crippen molar-refractivity contribution in [3.8, 4) is 0 Å². The summed E-state index contributed by atoms with van der Waals surface area (Å²) in [4.78, 5) is 32.3. The van der Waals surface area contributed by atoms with Gasteiger partial charge in [0, 0.05) is 55.2 Å². The molecule has 1 fully saturated rings. The molecule has 0 unspecified atom stereocenters. The highest BCUT2D eigenvalue weighted by Crippen LogP contribution is 2.38. The second-order valence-corrected chi connectivity index (χ2v) is 10.0. The normalized spacial score (nSPS) is 17.1. The summed E-state index contributed by atoms with van der Waals surface area (Å²) in [5.41, 5.74) is 5.27. The van der Waals surface area contributed by atoms with Crippen molar-refractivity contribution in [3.63, 3.8) is 0 Å². The van der Waals surface area contributed by atoms with Crippen molar-refractivity contribution in [3.05, 3.63) is 88.9 Å². The number of benzene rings is 3. The van der Waals surface area contributed by atoms with E-state index in [4.69, 9.17) is 11.6 Å². The first-order chi connectivity index (χ1) is 18.4. The molecule has 2 aliphatic heterocycles. The van der Waals surface area contributed by atoms with Gasteiger partial charge in [0.25, 0.3) is 5.91 Å². The van der Waals surface area contributed by atoms with E-state index in [0.29, 0.717) is 28.5 Å². The monoisotopic (exact) mass is 529 g/mol. The molecule has 2 N–H and O–H groups in total. The summed E-state index contributed by atoms with van der Waals surface area (Å²) in [6.07, 6.45) is 0. The molecule has 0 bridgehead atoms. The minimum absolute atomic E-state index is 0.0700. The van der Waals surface area contributed by atoms with Crippen LogP contribution in [0.4, 0.5) is 17.1 Å². The molecule has 0 saturated carbocycles. The largest absolute Gasteiger partial charge is 0.354 e.